The summed E-state index contributed by atoms with van der Waals surface area (Å²) in [4.78, 5) is 13.5. The second-order valence-electron chi connectivity index (χ2n) is 9.31. The van der Waals surface area contributed by atoms with Crippen LogP contribution in [0.3, 0.4) is 0 Å². The van der Waals surface area contributed by atoms with Crippen LogP contribution in [0.4, 0.5) is 11.4 Å². The van der Waals surface area contributed by atoms with Crippen molar-refractivity contribution in [2.75, 3.05) is 4.90 Å². The van der Waals surface area contributed by atoms with Gasteiger partial charge in [-0.2, -0.15) is 0 Å². The third kappa shape index (κ3) is 6.35. The Hall–Kier alpha value is -5.41. The third-order valence-electron chi connectivity index (χ3n) is 6.59. The lowest BCUT2D eigenvalue weighted by Gasteiger charge is -2.23. The molecule has 5 aromatic rings. The van der Waals surface area contributed by atoms with Gasteiger partial charge in [-0.15, -0.1) is 0 Å². The molecule has 0 fully saturated rings. The minimum Gasteiger partial charge on any atom is -0.478 e. The van der Waals surface area contributed by atoms with Crippen LogP contribution < -0.4 is 4.90 Å². The van der Waals surface area contributed by atoms with Gasteiger partial charge in [-0.25, -0.2) is 4.79 Å². The van der Waals surface area contributed by atoms with Gasteiger partial charge >= 0.3 is 5.97 Å². The molecule has 0 atom stereocenters. The summed E-state index contributed by atoms with van der Waals surface area (Å²) in [6.07, 6.45) is 6.20. The first-order chi connectivity index (χ1) is 19.6. The van der Waals surface area contributed by atoms with Crippen LogP contribution >= 0.6 is 0 Å². The maximum absolute atomic E-state index is 11.3. The lowest BCUT2D eigenvalue weighted by Crippen LogP contribution is -2.10. The molecule has 3 heteroatoms. The number of carboxylic acid groups (broad SMARTS) is 1. The monoisotopic (exact) mass is 519 g/mol. The van der Waals surface area contributed by atoms with Gasteiger partial charge in [0.2, 0.25) is 0 Å². The Morgan fingerprint density at radius 2 is 1.07 bits per heavy atom. The molecule has 40 heavy (non-hydrogen) atoms. The van der Waals surface area contributed by atoms with Gasteiger partial charge in [0.25, 0.3) is 0 Å². The van der Waals surface area contributed by atoms with Crippen molar-refractivity contribution < 1.29 is 9.90 Å². The molecule has 3 nitrogen and oxygen atoms in total. The molecule has 0 spiro atoms. The molecule has 1 N–H and O–H groups in total. The highest BCUT2D eigenvalue weighted by molar-refractivity contribution is 6.14. The number of para-hydroxylation sites is 1. The molecule has 5 aromatic carbocycles. The summed E-state index contributed by atoms with van der Waals surface area (Å²) in [6.45, 7) is 3.66. The largest absolute Gasteiger partial charge is 0.478 e. The van der Waals surface area contributed by atoms with Crippen LogP contribution in [-0.4, -0.2) is 11.1 Å². The van der Waals surface area contributed by atoms with Gasteiger partial charge in [-0.05, 0) is 58.1 Å². The zero-order valence-electron chi connectivity index (χ0n) is 22.0. The summed E-state index contributed by atoms with van der Waals surface area (Å²) in [5.74, 6) is -1.02. The van der Waals surface area contributed by atoms with E-state index < -0.39 is 5.97 Å². The fourth-order valence-electron chi connectivity index (χ4n) is 4.46. The van der Waals surface area contributed by atoms with Crippen molar-refractivity contribution in [3.8, 4) is 0 Å². The SMILES string of the molecule is C=C(C(=O)O)c1cccc(C=Cc2ccc(N(C=C(c3ccccc3)c3ccccc3)c3ccccc3)cc2)c1. The highest BCUT2D eigenvalue weighted by Crippen LogP contribution is 2.31. The van der Waals surface area contributed by atoms with Crippen LogP contribution in [-0.2, 0) is 4.79 Å². The quantitative estimate of drug-likeness (QED) is 0.156. The first-order valence-electron chi connectivity index (χ1n) is 13.1. The van der Waals surface area contributed by atoms with Crippen molar-refractivity contribution >= 4 is 40.6 Å². The highest BCUT2D eigenvalue weighted by atomic mass is 16.4. The van der Waals surface area contributed by atoms with Crippen LogP contribution in [0.1, 0.15) is 27.8 Å². The lowest BCUT2D eigenvalue weighted by molar-refractivity contribution is -0.130. The molecule has 0 aliphatic heterocycles. The Morgan fingerprint density at radius 3 is 1.65 bits per heavy atom. The molecule has 0 aromatic heterocycles. The van der Waals surface area contributed by atoms with Crippen LogP contribution in [0.2, 0.25) is 0 Å². The average molecular weight is 520 g/mol. The summed E-state index contributed by atoms with van der Waals surface area (Å²) >= 11 is 0. The summed E-state index contributed by atoms with van der Waals surface area (Å²) in [7, 11) is 0. The van der Waals surface area contributed by atoms with Gasteiger partial charge in [0, 0.05) is 23.1 Å². The topological polar surface area (TPSA) is 40.5 Å². The number of carboxylic acids is 1. The zero-order valence-corrected chi connectivity index (χ0v) is 22.0. The van der Waals surface area contributed by atoms with Crippen molar-refractivity contribution in [3.63, 3.8) is 0 Å². The molecule has 0 aliphatic carbocycles. The van der Waals surface area contributed by atoms with Crippen LogP contribution in [0.15, 0.2) is 152 Å². The van der Waals surface area contributed by atoms with E-state index in [1.165, 1.54) is 0 Å². The van der Waals surface area contributed by atoms with E-state index in [-0.39, 0.29) is 5.57 Å². The first-order valence-corrected chi connectivity index (χ1v) is 13.1. The standard InChI is InChI=1S/C37H29NO2/c1-28(37(39)40)33-17-11-12-30(26-33)21-20-29-22-24-35(25-23-29)38(34-18-9-4-10-19-34)27-36(31-13-5-2-6-14-31)32-15-7-3-8-16-32/h2-27H,1H2,(H,39,40). The van der Waals surface area contributed by atoms with Gasteiger partial charge in [0.05, 0.1) is 5.57 Å². The Labute approximate surface area is 235 Å². The average Bonchev–Trinajstić information content (AvgIpc) is 3.02. The maximum Gasteiger partial charge on any atom is 0.335 e. The van der Waals surface area contributed by atoms with Gasteiger partial charge in [-0.3, -0.25) is 0 Å². The summed E-state index contributed by atoms with van der Waals surface area (Å²) in [6, 6.07) is 47.0. The van der Waals surface area contributed by atoms with Crippen molar-refractivity contribution in [2.24, 2.45) is 0 Å². The van der Waals surface area contributed by atoms with Crippen LogP contribution in [0, 0.1) is 0 Å². The molecule has 0 radical (unpaired) electrons. The zero-order chi connectivity index (χ0) is 27.7. The molecular weight excluding hydrogens is 490 g/mol. The number of rotatable bonds is 9. The smallest absolute Gasteiger partial charge is 0.335 e. The van der Waals surface area contributed by atoms with Gasteiger partial charge < -0.3 is 10.0 Å². The minimum absolute atomic E-state index is 0.0824. The Balaban J connectivity index is 1.49. The van der Waals surface area contributed by atoms with E-state index >= 15 is 0 Å². The second-order valence-corrected chi connectivity index (χ2v) is 9.31. The van der Waals surface area contributed by atoms with Crippen molar-refractivity contribution in [3.05, 3.63) is 180 Å². The number of carbonyl (C=O) groups is 1. The van der Waals surface area contributed by atoms with E-state index in [0.29, 0.717) is 5.56 Å². The van der Waals surface area contributed by atoms with E-state index in [2.05, 4.69) is 103 Å². The van der Waals surface area contributed by atoms with E-state index in [1.54, 1.807) is 6.07 Å². The third-order valence-corrected chi connectivity index (χ3v) is 6.59. The number of hydrogen-bond donors (Lipinski definition) is 1. The predicted molar refractivity (Wildman–Crippen MR) is 167 cm³/mol. The molecule has 194 valence electrons. The van der Waals surface area contributed by atoms with Crippen molar-refractivity contribution in [1.29, 1.82) is 0 Å². The normalized spacial score (nSPS) is 10.7. The summed E-state index contributed by atoms with van der Waals surface area (Å²) in [5.41, 5.74) is 8.13. The maximum atomic E-state index is 11.3. The minimum atomic E-state index is -1.02. The van der Waals surface area contributed by atoms with Gasteiger partial charge in [-0.1, -0.05) is 128 Å². The predicted octanol–water partition coefficient (Wildman–Crippen LogP) is 9.18. The van der Waals surface area contributed by atoms with E-state index in [9.17, 15) is 9.90 Å². The van der Waals surface area contributed by atoms with Crippen LogP contribution in [0.25, 0.3) is 23.3 Å². The van der Waals surface area contributed by atoms with E-state index in [4.69, 9.17) is 0 Å². The number of benzene rings is 5. The summed E-state index contributed by atoms with van der Waals surface area (Å²) in [5, 5.41) is 9.25. The summed E-state index contributed by atoms with van der Waals surface area (Å²) < 4.78 is 0. The molecular formula is C37H29NO2. The second kappa shape index (κ2) is 12.4. The molecule has 0 unspecified atom stereocenters. The highest BCUT2D eigenvalue weighted by Gasteiger charge is 2.12. The molecule has 0 saturated carbocycles. The molecule has 0 saturated heterocycles. The van der Waals surface area contributed by atoms with Crippen molar-refractivity contribution in [1.82, 2.24) is 0 Å². The van der Waals surface area contributed by atoms with E-state index in [1.807, 2.05) is 60.7 Å². The molecule has 5 rings (SSSR count). The number of hydrogen-bond acceptors (Lipinski definition) is 2. The fourth-order valence-corrected chi connectivity index (χ4v) is 4.46. The van der Waals surface area contributed by atoms with Gasteiger partial charge in [0.15, 0.2) is 0 Å². The first kappa shape index (κ1) is 26.2. The van der Waals surface area contributed by atoms with Gasteiger partial charge in [0.1, 0.15) is 0 Å². The Bertz CT molecular complexity index is 1610. The van der Waals surface area contributed by atoms with Crippen molar-refractivity contribution in [2.45, 2.75) is 0 Å². The molecule has 0 aliphatic rings. The number of aliphatic carboxylic acids is 1. The Kier molecular flexibility index (Phi) is 8.14. The lowest BCUT2D eigenvalue weighted by atomic mass is 9.98. The van der Waals surface area contributed by atoms with Crippen LogP contribution in [0.5, 0.6) is 0 Å². The Morgan fingerprint density at radius 1 is 0.575 bits per heavy atom. The van der Waals surface area contributed by atoms with E-state index in [0.717, 1.165) is 39.2 Å². The molecule has 0 heterocycles. The number of nitrogens with zero attached hydrogens (tertiary/aromatic N) is 1. The molecule has 0 bridgehead atoms. The molecule has 0 amide bonds. The number of anilines is 2. The fraction of sp³-hybridized carbons (Fsp3) is 0.